The monoisotopic (exact) mass is 261 g/mol. The number of carbonyl (C=O) groups is 1. The lowest BCUT2D eigenvalue weighted by Crippen LogP contribution is -2.40. The number of nitrogens with two attached hydrogens (primary N) is 1. The van der Waals surface area contributed by atoms with E-state index in [9.17, 15) is 18.0 Å². The number of aromatic amines is 1. The summed E-state index contributed by atoms with van der Waals surface area (Å²) in [6.07, 6.45) is -0.603. The molecule has 0 bridgehead atoms. The standard InChI is InChI=1S/C8H11N3O5S/c9-8(14)6(12)4-11-17(15,16)5-1-2-7(13)10-3-5/h1-3,6,11-12H,4H2,(H2,9,14)(H,10,13). The minimum Gasteiger partial charge on any atom is -0.382 e. The van der Waals surface area contributed by atoms with E-state index in [1.807, 2.05) is 4.72 Å². The molecule has 1 aromatic heterocycles. The van der Waals surface area contributed by atoms with Gasteiger partial charge in [0.2, 0.25) is 21.5 Å². The summed E-state index contributed by atoms with van der Waals surface area (Å²) in [6.45, 7) is -0.531. The zero-order valence-corrected chi connectivity index (χ0v) is 9.40. The first-order valence-corrected chi connectivity index (χ1v) is 5.97. The van der Waals surface area contributed by atoms with Crippen LogP contribution < -0.4 is 16.0 Å². The highest BCUT2D eigenvalue weighted by molar-refractivity contribution is 7.89. The fraction of sp³-hybridized carbons (Fsp3) is 0.250. The van der Waals surface area contributed by atoms with E-state index in [4.69, 9.17) is 10.8 Å². The summed E-state index contributed by atoms with van der Waals surface area (Å²) < 4.78 is 25.1. The molecule has 9 heteroatoms. The third kappa shape index (κ3) is 3.66. The van der Waals surface area contributed by atoms with Gasteiger partial charge in [-0.1, -0.05) is 0 Å². The molecule has 5 N–H and O–H groups in total. The van der Waals surface area contributed by atoms with Crippen molar-refractivity contribution in [2.45, 2.75) is 11.0 Å². The molecule has 0 aliphatic rings. The van der Waals surface area contributed by atoms with Gasteiger partial charge in [0.1, 0.15) is 6.10 Å². The minimum absolute atomic E-state index is 0.186. The van der Waals surface area contributed by atoms with Crippen molar-refractivity contribution >= 4 is 15.9 Å². The van der Waals surface area contributed by atoms with E-state index in [1.165, 1.54) is 0 Å². The first-order valence-electron chi connectivity index (χ1n) is 4.49. The van der Waals surface area contributed by atoms with Crippen LogP contribution in [0.2, 0.25) is 0 Å². The highest BCUT2D eigenvalue weighted by Crippen LogP contribution is 2.03. The molecule has 0 radical (unpaired) electrons. The molecule has 0 aliphatic carbocycles. The number of aliphatic hydroxyl groups excluding tert-OH is 1. The highest BCUT2D eigenvalue weighted by Gasteiger charge is 2.18. The molecule has 1 atom stereocenters. The number of sulfonamides is 1. The average Bonchev–Trinajstić information content (AvgIpc) is 2.26. The van der Waals surface area contributed by atoms with E-state index in [2.05, 4.69) is 4.98 Å². The zero-order chi connectivity index (χ0) is 13.1. The normalized spacial score (nSPS) is 13.2. The molecule has 1 heterocycles. The first-order chi connectivity index (χ1) is 7.83. The molecule has 0 saturated carbocycles. The molecule has 8 nitrogen and oxygen atoms in total. The third-order valence-electron chi connectivity index (χ3n) is 1.86. The summed E-state index contributed by atoms with van der Waals surface area (Å²) in [5.41, 5.74) is 4.31. The van der Waals surface area contributed by atoms with Gasteiger partial charge in [0, 0.05) is 18.8 Å². The molecular weight excluding hydrogens is 250 g/mol. The van der Waals surface area contributed by atoms with Crippen molar-refractivity contribution < 1.29 is 18.3 Å². The Morgan fingerprint density at radius 3 is 2.65 bits per heavy atom. The Morgan fingerprint density at radius 1 is 1.53 bits per heavy atom. The number of aliphatic hydroxyl groups is 1. The van der Waals surface area contributed by atoms with Crippen molar-refractivity contribution in [3.63, 3.8) is 0 Å². The lowest BCUT2D eigenvalue weighted by molar-refractivity contribution is -0.125. The fourth-order valence-corrected chi connectivity index (χ4v) is 1.94. The van der Waals surface area contributed by atoms with Gasteiger partial charge >= 0.3 is 0 Å². The van der Waals surface area contributed by atoms with Crippen LogP contribution in [0.1, 0.15) is 0 Å². The summed E-state index contributed by atoms with van der Waals surface area (Å²) in [6, 6.07) is 2.14. The Balaban J connectivity index is 2.79. The van der Waals surface area contributed by atoms with Gasteiger partial charge in [0.25, 0.3) is 0 Å². The SMILES string of the molecule is NC(=O)C(O)CNS(=O)(=O)c1ccc(=O)[nH]c1. The molecule has 1 rings (SSSR count). The summed E-state index contributed by atoms with van der Waals surface area (Å²) in [5.74, 6) is -1.03. The molecule has 1 unspecified atom stereocenters. The molecule has 0 fully saturated rings. The second-order valence-electron chi connectivity index (χ2n) is 3.16. The van der Waals surface area contributed by atoms with E-state index >= 15 is 0 Å². The molecule has 1 amide bonds. The van der Waals surface area contributed by atoms with Gasteiger partial charge in [-0.15, -0.1) is 0 Å². The molecular formula is C8H11N3O5S. The van der Waals surface area contributed by atoms with Gasteiger partial charge in [-0.2, -0.15) is 0 Å². The van der Waals surface area contributed by atoms with Gasteiger partial charge in [0.15, 0.2) is 0 Å². The van der Waals surface area contributed by atoms with Crippen LogP contribution in [-0.4, -0.2) is 37.1 Å². The summed E-state index contributed by atoms with van der Waals surface area (Å²) in [4.78, 5) is 23.2. The van der Waals surface area contributed by atoms with Crippen LogP contribution in [0, 0.1) is 0 Å². The number of amides is 1. The van der Waals surface area contributed by atoms with Gasteiger partial charge < -0.3 is 15.8 Å². The number of carbonyl (C=O) groups excluding carboxylic acids is 1. The number of rotatable bonds is 5. The highest BCUT2D eigenvalue weighted by atomic mass is 32.2. The minimum atomic E-state index is -3.89. The Bertz CT molecular complexity index is 544. The van der Waals surface area contributed by atoms with E-state index in [-0.39, 0.29) is 4.90 Å². The number of hydrogen-bond acceptors (Lipinski definition) is 5. The molecule has 0 aliphatic heterocycles. The Kier molecular flexibility index (Phi) is 3.99. The van der Waals surface area contributed by atoms with E-state index in [1.54, 1.807) is 0 Å². The van der Waals surface area contributed by atoms with E-state index in [0.717, 1.165) is 18.3 Å². The summed E-state index contributed by atoms with van der Waals surface area (Å²) >= 11 is 0. The number of pyridine rings is 1. The van der Waals surface area contributed by atoms with Crippen LogP contribution >= 0.6 is 0 Å². The maximum absolute atomic E-state index is 11.6. The topological polar surface area (TPSA) is 142 Å². The average molecular weight is 261 g/mol. The quantitative estimate of drug-likeness (QED) is 0.463. The Labute approximate surface area is 96.5 Å². The van der Waals surface area contributed by atoms with Crippen LogP contribution in [-0.2, 0) is 14.8 Å². The number of H-pyrrole nitrogens is 1. The van der Waals surface area contributed by atoms with Gasteiger partial charge in [-0.25, -0.2) is 13.1 Å². The predicted molar refractivity (Wildman–Crippen MR) is 57.5 cm³/mol. The number of hydrogen-bond donors (Lipinski definition) is 4. The second-order valence-corrected chi connectivity index (χ2v) is 4.93. The lowest BCUT2D eigenvalue weighted by Gasteiger charge is -2.08. The molecule has 0 aromatic carbocycles. The van der Waals surface area contributed by atoms with Crippen molar-refractivity contribution in [2.24, 2.45) is 5.73 Å². The van der Waals surface area contributed by atoms with E-state index in [0.29, 0.717) is 0 Å². The second kappa shape index (κ2) is 5.08. The lowest BCUT2D eigenvalue weighted by atomic mass is 10.3. The maximum Gasteiger partial charge on any atom is 0.247 e. The summed E-state index contributed by atoms with van der Waals surface area (Å²) in [5, 5.41) is 9.02. The van der Waals surface area contributed by atoms with Crippen LogP contribution in [0.4, 0.5) is 0 Å². The molecule has 1 aromatic rings. The van der Waals surface area contributed by atoms with Crippen molar-refractivity contribution in [1.82, 2.24) is 9.71 Å². The van der Waals surface area contributed by atoms with Crippen molar-refractivity contribution in [3.8, 4) is 0 Å². The zero-order valence-electron chi connectivity index (χ0n) is 8.58. The summed E-state index contributed by atoms with van der Waals surface area (Å²) in [7, 11) is -3.89. The number of nitrogens with one attached hydrogen (secondary N) is 2. The van der Waals surface area contributed by atoms with Crippen molar-refractivity contribution in [2.75, 3.05) is 6.54 Å². The molecule has 94 valence electrons. The molecule has 0 saturated heterocycles. The largest absolute Gasteiger partial charge is 0.382 e. The smallest absolute Gasteiger partial charge is 0.247 e. The number of primary amides is 1. The Morgan fingerprint density at radius 2 is 2.18 bits per heavy atom. The maximum atomic E-state index is 11.6. The van der Waals surface area contributed by atoms with Crippen LogP contribution in [0.25, 0.3) is 0 Å². The Hall–Kier alpha value is -1.71. The van der Waals surface area contributed by atoms with Gasteiger partial charge in [-0.05, 0) is 6.07 Å². The van der Waals surface area contributed by atoms with Gasteiger partial charge in [-0.3, -0.25) is 9.59 Å². The van der Waals surface area contributed by atoms with Crippen molar-refractivity contribution in [3.05, 3.63) is 28.7 Å². The van der Waals surface area contributed by atoms with Gasteiger partial charge in [0.05, 0.1) is 4.90 Å². The molecule has 0 spiro atoms. The molecule has 17 heavy (non-hydrogen) atoms. The van der Waals surface area contributed by atoms with Crippen LogP contribution in [0.15, 0.2) is 28.0 Å². The van der Waals surface area contributed by atoms with Crippen molar-refractivity contribution in [1.29, 1.82) is 0 Å². The van der Waals surface area contributed by atoms with E-state index < -0.39 is 34.1 Å². The third-order valence-corrected chi connectivity index (χ3v) is 3.28. The van der Waals surface area contributed by atoms with Crippen LogP contribution in [0.3, 0.4) is 0 Å². The first kappa shape index (κ1) is 13.4. The fourth-order valence-electron chi connectivity index (χ4n) is 0.936. The predicted octanol–water partition coefficient (Wildman–Crippen LogP) is -2.50. The number of aromatic nitrogens is 1. The van der Waals surface area contributed by atoms with Crippen LogP contribution in [0.5, 0.6) is 0 Å².